The van der Waals surface area contributed by atoms with Crippen LogP contribution in [0.2, 0.25) is 0 Å². The molecular formula is C65H45N3. The minimum absolute atomic E-state index is 0.554. The van der Waals surface area contributed by atoms with E-state index in [2.05, 4.69) is 287 Å². The van der Waals surface area contributed by atoms with E-state index >= 15 is 0 Å². The molecule has 11 aromatic carbocycles. The summed E-state index contributed by atoms with van der Waals surface area (Å²) in [5.41, 5.74) is 16.8. The van der Waals surface area contributed by atoms with Gasteiger partial charge in [0.2, 0.25) is 0 Å². The highest BCUT2D eigenvalue weighted by Gasteiger charge is 2.46. The maximum Gasteiger partial charge on any atom is 0.0714 e. The number of anilines is 6. The molecule has 0 saturated carbocycles. The van der Waals surface area contributed by atoms with Crippen LogP contribution in [0.5, 0.6) is 0 Å². The van der Waals surface area contributed by atoms with E-state index in [0.29, 0.717) is 0 Å². The van der Waals surface area contributed by atoms with Crippen molar-refractivity contribution in [2.45, 2.75) is 5.41 Å². The van der Waals surface area contributed by atoms with Crippen LogP contribution >= 0.6 is 0 Å². The molecule has 0 aliphatic heterocycles. The molecule has 0 atom stereocenters. The van der Waals surface area contributed by atoms with Crippen molar-refractivity contribution in [3.8, 4) is 16.8 Å². The number of rotatable bonds is 9. The number of hydrogen-bond acceptors (Lipinski definition) is 2. The molecule has 1 aliphatic rings. The van der Waals surface area contributed by atoms with Crippen LogP contribution in [0, 0.1) is 0 Å². The second-order valence-electron chi connectivity index (χ2n) is 17.7. The highest BCUT2D eigenvalue weighted by atomic mass is 15.2. The SMILES string of the molecule is c1ccc(N(c2ccc3c(c2)C(c2ccccc2)(c2ccccc2)c2ccccc2-3)c2cc(N(c3ccccc3)c3ccccc3)c3c4ccccc4n(-c4ccc5ccccc5c4)c3c2)cc1. The van der Waals surface area contributed by atoms with Gasteiger partial charge in [0.05, 0.1) is 27.8 Å². The van der Waals surface area contributed by atoms with E-state index in [4.69, 9.17) is 0 Å². The summed E-state index contributed by atoms with van der Waals surface area (Å²) < 4.78 is 2.47. The zero-order valence-electron chi connectivity index (χ0n) is 37.3. The van der Waals surface area contributed by atoms with Crippen LogP contribution in [0.4, 0.5) is 34.1 Å². The number of hydrogen-bond donors (Lipinski definition) is 0. The van der Waals surface area contributed by atoms with Crippen LogP contribution in [0.25, 0.3) is 49.4 Å². The first-order chi connectivity index (χ1) is 33.8. The van der Waals surface area contributed by atoms with Gasteiger partial charge < -0.3 is 14.4 Å². The summed E-state index contributed by atoms with van der Waals surface area (Å²) in [6.07, 6.45) is 0. The molecule has 0 N–H and O–H groups in total. The molecule has 0 bridgehead atoms. The molecule has 1 aromatic heterocycles. The summed E-state index contributed by atoms with van der Waals surface area (Å²) in [5.74, 6) is 0. The zero-order valence-corrected chi connectivity index (χ0v) is 37.3. The lowest BCUT2D eigenvalue weighted by Crippen LogP contribution is -2.28. The predicted octanol–water partition coefficient (Wildman–Crippen LogP) is 17.2. The Balaban J connectivity index is 1.14. The Morgan fingerprint density at radius 2 is 0.838 bits per heavy atom. The average molecular weight is 868 g/mol. The predicted molar refractivity (Wildman–Crippen MR) is 285 cm³/mol. The maximum atomic E-state index is 2.47. The summed E-state index contributed by atoms with van der Waals surface area (Å²) >= 11 is 0. The van der Waals surface area contributed by atoms with E-state index in [9.17, 15) is 0 Å². The van der Waals surface area contributed by atoms with E-state index in [1.807, 2.05) is 0 Å². The quantitative estimate of drug-likeness (QED) is 0.143. The number of para-hydroxylation sites is 4. The van der Waals surface area contributed by atoms with Crippen molar-refractivity contribution in [1.29, 1.82) is 0 Å². The van der Waals surface area contributed by atoms with Crippen LogP contribution in [-0.4, -0.2) is 4.57 Å². The van der Waals surface area contributed by atoms with Gasteiger partial charge in [0.15, 0.2) is 0 Å². The molecule has 0 spiro atoms. The molecule has 320 valence electrons. The normalized spacial score (nSPS) is 12.5. The Bertz CT molecular complexity index is 3710. The molecule has 13 rings (SSSR count). The largest absolute Gasteiger partial charge is 0.310 e. The van der Waals surface area contributed by atoms with Gasteiger partial charge in [-0.25, -0.2) is 0 Å². The van der Waals surface area contributed by atoms with Gasteiger partial charge in [-0.05, 0) is 123 Å². The van der Waals surface area contributed by atoms with E-state index in [-0.39, 0.29) is 0 Å². The molecule has 0 fully saturated rings. The highest BCUT2D eigenvalue weighted by molar-refractivity contribution is 6.18. The van der Waals surface area contributed by atoms with Crippen molar-refractivity contribution >= 4 is 66.7 Å². The van der Waals surface area contributed by atoms with Crippen molar-refractivity contribution in [3.05, 3.63) is 295 Å². The van der Waals surface area contributed by atoms with Gasteiger partial charge in [0.1, 0.15) is 0 Å². The van der Waals surface area contributed by atoms with Crippen molar-refractivity contribution in [2.24, 2.45) is 0 Å². The lowest BCUT2D eigenvalue weighted by Gasteiger charge is -2.35. The fourth-order valence-corrected chi connectivity index (χ4v) is 11.1. The van der Waals surface area contributed by atoms with Crippen LogP contribution in [0.3, 0.4) is 0 Å². The highest BCUT2D eigenvalue weighted by Crippen LogP contribution is 2.58. The third-order valence-electron chi connectivity index (χ3n) is 14.0. The monoisotopic (exact) mass is 867 g/mol. The number of nitrogens with zero attached hydrogens (tertiary/aromatic N) is 3. The second kappa shape index (κ2) is 16.2. The van der Waals surface area contributed by atoms with E-state index in [1.54, 1.807) is 0 Å². The van der Waals surface area contributed by atoms with E-state index in [1.165, 1.54) is 54.9 Å². The molecule has 0 amide bonds. The Morgan fingerprint density at radius 3 is 1.50 bits per heavy atom. The minimum Gasteiger partial charge on any atom is -0.310 e. The van der Waals surface area contributed by atoms with Gasteiger partial charge in [0, 0.05) is 39.2 Å². The Kier molecular flexibility index (Phi) is 9.40. The first kappa shape index (κ1) is 39.4. The molecule has 3 nitrogen and oxygen atoms in total. The Morgan fingerprint density at radius 1 is 0.309 bits per heavy atom. The van der Waals surface area contributed by atoms with Crippen molar-refractivity contribution in [3.63, 3.8) is 0 Å². The fraction of sp³-hybridized carbons (Fsp3) is 0.0154. The molecule has 0 unspecified atom stereocenters. The van der Waals surface area contributed by atoms with Gasteiger partial charge >= 0.3 is 0 Å². The lowest BCUT2D eigenvalue weighted by atomic mass is 9.67. The van der Waals surface area contributed by atoms with Crippen molar-refractivity contribution in [1.82, 2.24) is 4.57 Å². The topological polar surface area (TPSA) is 11.4 Å². The molecule has 12 aromatic rings. The smallest absolute Gasteiger partial charge is 0.0714 e. The first-order valence-corrected chi connectivity index (χ1v) is 23.4. The van der Waals surface area contributed by atoms with Crippen LogP contribution < -0.4 is 9.80 Å². The summed E-state index contributed by atoms with van der Waals surface area (Å²) in [6.45, 7) is 0. The van der Waals surface area contributed by atoms with Gasteiger partial charge in [-0.3, -0.25) is 0 Å². The van der Waals surface area contributed by atoms with E-state index in [0.717, 1.165) is 50.8 Å². The molecule has 0 radical (unpaired) electrons. The zero-order chi connectivity index (χ0) is 45.0. The lowest BCUT2D eigenvalue weighted by molar-refractivity contribution is 0.768. The fourth-order valence-electron chi connectivity index (χ4n) is 11.1. The van der Waals surface area contributed by atoms with Crippen molar-refractivity contribution in [2.75, 3.05) is 9.80 Å². The number of benzene rings is 11. The second-order valence-corrected chi connectivity index (χ2v) is 17.7. The molecule has 3 heteroatoms. The van der Waals surface area contributed by atoms with Crippen LogP contribution in [-0.2, 0) is 5.41 Å². The molecular weight excluding hydrogens is 823 g/mol. The number of aromatic nitrogens is 1. The van der Waals surface area contributed by atoms with Gasteiger partial charge in [-0.15, -0.1) is 0 Å². The molecule has 1 aliphatic carbocycles. The first-order valence-electron chi connectivity index (χ1n) is 23.4. The summed E-state index contributed by atoms with van der Waals surface area (Å²) in [6, 6.07) is 100.0. The molecule has 68 heavy (non-hydrogen) atoms. The Labute approximate surface area is 396 Å². The summed E-state index contributed by atoms with van der Waals surface area (Å²) in [4.78, 5) is 4.89. The van der Waals surface area contributed by atoms with Crippen molar-refractivity contribution < 1.29 is 0 Å². The number of fused-ring (bicyclic) bond motifs is 7. The van der Waals surface area contributed by atoms with Crippen LogP contribution in [0.15, 0.2) is 273 Å². The van der Waals surface area contributed by atoms with Gasteiger partial charge in [-0.2, -0.15) is 0 Å². The van der Waals surface area contributed by atoms with Crippen LogP contribution in [0.1, 0.15) is 22.3 Å². The van der Waals surface area contributed by atoms with Gasteiger partial charge in [-0.1, -0.05) is 194 Å². The molecule has 1 heterocycles. The van der Waals surface area contributed by atoms with E-state index < -0.39 is 5.41 Å². The van der Waals surface area contributed by atoms with Gasteiger partial charge in [0.25, 0.3) is 0 Å². The molecule has 0 saturated heterocycles. The third-order valence-corrected chi connectivity index (χ3v) is 14.0. The minimum atomic E-state index is -0.554. The summed E-state index contributed by atoms with van der Waals surface area (Å²) in [7, 11) is 0. The summed E-state index contributed by atoms with van der Waals surface area (Å²) in [5, 5.41) is 4.78. The Hall–Kier alpha value is -8.92. The average Bonchev–Trinajstić information content (AvgIpc) is 3.91. The maximum absolute atomic E-state index is 2.47. The standard InChI is InChI=1S/C65H45N3/c1-6-24-48(25-7-1)65(49-26-8-2-9-27-49)59-36-20-18-34-56(59)57-41-40-54(43-60(57)65)66(50-28-10-3-11-29-50)55-44-62(67(51-30-12-4-13-31-51)52-32-14-5-15-33-52)64-58-35-19-21-37-61(58)68(63(64)45-55)53-39-38-46-22-16-17-23-47(46)42-53/h1-45H. The third kappa shape index (κ3) is 6.21.